The molecule has 1 fully saturated rings. The van der Waals surface area contributed by atoms with E-state index in [1.165, 1.54) is 0 Å². The van der Waals surface area contributed by atoms with Crippen molar-refractivity contribution in [1.29, 1.82) is 0 Å². The number of hydrogen-bond donors (Lipinski definition) is 1. The third-order valence-electron chi connectivity index (χ3n) is 3.78. The molecule has 0 radical (unpaired) electrons. The van der Waals surface area contributed by atoms with E-state index in [1.54, 1.807) is 14.0 Å². The van der Waals surface area contributed by atoms with Gasteiger partial charge in [0, 0.05) is 19.1 Å². The average Bonchev–Trinajstić information content (AvgIpc) is 3.00. The molecule has 1 amide bonds. The van der Waals surface area contributed by atoms with Gasteiger partial charge in [-0.15, -0.1) is 0 Å². The van der Waals surface area contributed by atoms with Gasteiger partial charge in [0.25, 0.3) is 5.91 Å². The summed E-state index contributed by atoms with van der Waals surface area (Å²) in [6.45, 7) is 5.34. The number of nitrogens with zero attached hydrogens (tertiary/aromatic N) is 1. The van der Waals surface area contributed by atoms with Crippen molar-refractivity contribution in [1.82, 2.24) is 4.90 Å². The molecule has 2 rings (SSSR count). The molecule has 0 bridgehead atoms. The standard InChI is InChI=1S/C16H24N2O3/c1-11(17)13-6-7-14(15(10-13)20-3)21-12(2)16(19)18-8-4-5-9-18/h6-7,10-12H,4-5,8-9,17H2,1-3H3. The first-order valence-electron chi connectivity index (χ1n) is 7.42. The molecule has 0 aromatic heterocycles. The van der Waals surface area contributed by atoms with Crippen molar-refractivity contribution in [3.8, 4) is 11.5 Å². The summed E-state index contributed by atoms with van der Waals surface area (Å²) in [5.41, 5.74) is 6.83. The zero-order valence-electron chi connectivity index (χ0n) is 13.0. The lowest BCUT2D eigenvalue weighted by Crippen LogP contribution is -2.38. The number of nitrogens with two attached hydrogens (primary N) is 1. The molecule has 2 atom stereocenters. The molecule has 1 aromatic carbocycles. The first-order chi connectivity index (χ1) is 10.0. The Morgan fingerprint density at radius 2 is 1.90 bits per heavy atom. The van der Waals surface area contributed by atoms with Crippen molar-refractivity contribution in [3.05, 3.63) is 23.8 Å². The van der Waals surface area contributed by atoms with E-state index >= 15 is 0 Å². The quantitative estimate of drug-likeness (QED) is 0.902. The van der Waals surface area contributed by atoms with Gasteiger partial charge in [-0.1, -0.05) is 6.07 Å². The summed E-state index contributed by atoms with van der Waals surface area (Å²) >= 11 is 0. The Morgan fingerprint density at radius 3 is 2.48 bits per heavy atom. The van der Waals surface area contributed by atoms with Crippen molar-refractivity contribution in [3.63, 3.8) is 0 Å². The van der Waals surface area contributed by atoms with Crippen LogP contribution >= 0.6 is 0 Å². The van der Waals surface area contributed by atoms with Crippen LogP contribution in [0.25, 0.3) is 0 Å². The number of methoxy groups -OCH3 is 1. The molecule has 1 aliphatic rings. The zero-order valence-corrected chi connectivity index (χ0v) is 13.0. The van der Waals surface area contributed by atoms with E-state index < -0.39 is 6.10 Å². The van der Waals surface area contributed by atoms with Gasteiger partial charge >= 0.3 is 0 Å². The Morgan fingerprint density at radius 1 is 1.24 bits per heavy atom. The lowest BCUT2D eigenvalue weighted by Gasteiger charge is -2.22. The van der Waals surface area contributed by atoms with E-state index in [0.717, 1.165) is 31.5 Å². The summed E-state index contributed by atoms with van der Waals surface area (Å²) < 4.78 is 11.1. The van der Waals surface area contributed by atoms with E-state index in [4.69, 9.17) is 15.2 Å². The number of benzene rings is 1. The molecule has 116 valence electrons. The minimum atomic E-state index is -0.516. The monoisotopic (exact) mass is 292 g/mol. The largest absolute Gasteiger partial charge is 0.493 e. The molecule has 0 saturated carbocycles. The van der Waals surface area contributed by atoms with Crippen LogP contribution in [0.3, 0.4) is 0 Å². The first-order valence-corrected chi connectivity index (χ1v) is 7.42. The summed E-state index contributed by atoms with van der Waals surface area (Å²) in [7, 11) is 1.58. The molecular formula is C16H24N2O3. The van der Waals surface area contributed by atoms with Gasteiger partial charge in [0.2, 0.25) is 0 Å². The molecule has 5 nitrogen and oxygen atoms in total. The van der Waals surface area contributed by atoms with Crippen molar-refractivity contribution in [2.24, 2.45) is 5.73 Å². The highest BCUT2D eigenvalue weighted by Gasteiger charge is 2.25. The predicted octanol–water partition coefficient (Wildman–Crippen LogP) is 2.10. The van der Waals surface area contributed by atoms with Crippen LogP contribution in [-0.2, 0) is 4.79 Å². The topological polar surface area (TPSA) is 64.8 Å². The van der Waals surface area contributed by atoms with E-state index in [0.29, 0.717) is 11.5 Å². The summed E-state index contributed by atoms with van der Waals surface area (Å²) in [4.78, 5) is 14.1. The maximum absolute atomic E-state index is 12.3. The smallest absolute Gasteiger partial charge is 0.263 e. The van der Waals surface area contributed by atoms with Crippen LogP contribution in [0.1, 0.15) is 38.3 Å². The highest BCUT2D eigenvalue weighted by molar-refractivity contribution is 5.81. The Balaban J connectivity index is 2.09. The van der Waals surface area contributed by atoms with Crippen LogP contribution in [0.5, 0.6) is 11.5 Å². The Kier molecular flexibility index (Phi) is 5.07. The lowest BCUT2D eigenvalue weighted by atomic mass is 10.1. The highest BCUT2D eigenvalue weighted by Crippen LogP contribution is 2.30. The van der Waals surface area contributed by atoms with Gasteiger partial charge in [0.1, 0.15) is 0 Å². The molecule has 21 heavy (non-hydrogen) atoms. The van der Waals surface area contributed by atoms with E-state index in [2.05, 4.69) is 0 Å². The number of amides is 1. The maximum atomic E-state index is 12.3. The highest BCUT2D eigenvalue weighted by atomic mass is 16.5. The normalized spacial score (nSPS) is 17.4. The van der Waals surface area contributed by atoms with Gasteiger partial charge in [0.15, 0.2) is 17.6 Å². The van der Waals surface area contributed by atoms with Gasteiger partial charge in [-0.2, -0.15) is 0 Å². The molecule has 1 saturated heterocycles. The molecule has 0 aliphatic carbocycles. The zero-order chi connectivity index (χ0) is 15.4. The average molecular weight is 292 g/mol. The van der Waals surface area contributed by atoms with Gasteiger partial charge in [-0.3, -0.25) is 4.79 Å². The summed E-state index contributed by atoms with van der Waals surface area (Å²) in [6.07, 6.45) is 1.63. The van der Waals surface area contributed by atoms with Crippen molar-refractivity contribution >= 4 is 5.91 Å². The summed E-state index contributed by atoms with van der Waals surface area (Å²) in [5, 5.41) is 0. The fourth-order valence-electron chi connectivity index (χ4n) is 2.50. The minimum absolute atomic E-state index is 0.0332. The number of rotatable bonds is 5. The molecular weight excluding hydrogens is 268 g/mol. The Hall–Kier alpha value is -1.75. The van der Waals surface area contributed by atoms with Crippen molar-refractivity contribution in [2.45, 2.75) is 38.8 Å². The third-order valence-corrected chi connectivity index (χ3v) is 3.78. The van der Waals surface area contributed by atoms with Crippen LogP contribution in [0.15, 0.2) is 18.2 Å². The van der Waals surface area contributed by atoms with E-state index in [9.17, 15) is 4.79 Å². The molecule has 1 heterocycles. The van der Waals surface area contributed by atoms with Crippen LogP contribution in [-0.4, -0.2) is 37.1 Å². The summed E-state index contributed by atoms with van der Waals surface area (Å²) in [5.74, 6) is 1.21. The maximum Gasteiger partial charge on any atom is 0.263 e. The van der Waals surface area contributed by atoms with Gasteiger partial charge in [0.05, 0.1) is 7.11 Å². The molecule has 2 unspecified atom stereocenters. The second-order valence-corrected chi connectivity index (χ2v) is 5.49. The molecule has 5 heteroatoms. The van der Waals surface area contributed by atoms with Crippen molar-refractivity contribution in [2.75, 3.05) is 20.2 Å². The van der Waals surface area contributed by atoms with E-state index in [-0.39, 0.29) is 11.9 Å². The second kappa shape index (κ2) is 6.80. The van der Waals surface area contributed by atoms with Crippen LogP contribution in [0.4, 0.5) is 0 Å². The van der Waals surface area contributed by atoms with Gasteiger partial charge in [-0.05, 0) is 44.4 Å². The number of carbonyl (C=O) groups is 1. The van der Waals surface area contributed by atoms with Gasteiger partial charge < -0.3 is 20.1 Å². The van der Waals surface area contributed by atoms with Crippen LogP contribution in [0, 0.1) is 0 Å². The second-order valence-electron chi connectivity index (χ2n) is 5.49. The number of carbonyl (C=O) groups excluding carboxylic acids is 1. The fourth-order valence-corrected chi connectivity index (χ4v) is 2.50. The molecule has 0 spiro atoms. The Bertz CT molecular complexity index is 496. The van der Waals surface area contributed by atoms with Crippen LogP contribution < -0.4 is 15.2 Å². The molecule has 1 aliphatic heterocycles. The first kappa shape index (κ1) is 15.6. The van der Waals surface area contributed by atoms with E-state index in [1.807, 2.05) is 30.0 Å². The van der Waals surface area contributed by atoms with Gasteiger partial charge in [-0.25, -0.2) is 0 Å². The fraction of sp³-hybridized carbons (Fsp3) is 0.562. The lowest BCUT2D eigenvalue weighted by molar-refractivity contribution is -0.136. The number of ether oxygens (including phenoxy) is 2. The third kappa shape index (κ3) is 3.67. The predicted molar refractivity (Wildman–Crippen MR) is 81.5 cm³/mol. The SMILES string of the molecule is COc1cc(C(C)N)ccc1OC(C)C(=O)N1CCCC1. The molecule has 2 N–H and O–H groups in total. The number of hydrogen-bond acceptors (Lipinski definition) is 4. The minimum Gasteiger partial charge on any atom is -0.493 e. The number of likely N-dealkylation sites (tertiary alicyclic amines) is 1. The van der Waals surface area contributed by atoms with Crippen molar-refractivity contribution < 1.29 is 14.3 Å². The Labute approximate surface area is 126 Å². The summed E-state index contributed by atoms with van der Waals surface area (Å²) in [6, 6.07) is 5.49. The van der Waals surface area contributed by atoms with Crippen LogP contribution in [0.2, 0.25) is 0 Å². The molecule has 1 aromatic rings.